The summed E-state index contributed by atoms with van der Waals surface area (Å²) in [4.78, 5) is 24.6. The van der Waals surface area contributed by atoms with Gasteiger partial charge in [0, 0.05) is 16.3 Å². The Kier molecular flexibility index (Phi) is 6.42. The van der Waals surface area contributed by atoms with Gasteiger partial charge in [-0.2, -0.15) is 13.2 Å². The number of nitrogens with one attached hydrogen (secondary N) is 1. The summed E-state index contributed by atoms with van der Waals surface area (Å²) >= 11 is 5.85. The summed E-state index contributed by atoms with van der Waals surface area (Å²) in [6.07, 6.45) is -4.49. The smallest absolute Gasteiger partial charge is 0.416 e. The summed E-state index contributed by atoms with van der Waals surface area (Å²) in [6.45, 7) is -0.503. The minimum atomic E-state index is -4.49. The average Bonchev–Trinajstić information content (AvgIpc) is 2.72. The van der Waals surface area contributed by atoms with Crippen LogP contribution >= 0.6 is 11.6 Å². The Morgan fingerprint density at radius 1 is 0.933 bits per heavy atom. The van der Waals surface area contributed by atoms with Gasteiger partial charge in [0.2, 0.25) is 0 Å². The number of halogens is 4. The fraction of sp³-hybridized carbons (Fsp3) is 0.0909. The number of hydrogen-bond acceptors (Lipinski definition) is 4. The predicted octanol–water partition coefficient (Wildman–Crippen LogP) is 6.14. The molecule has 0 spiro atoms. The third-order valence-corrected chi connectivity index (χ3v) is 4.33. The minimum Gasteiger partial charge on any atom is -0.454 e. The molecule has 0 aliphatic carbocycles. The Bertz CT molecular complexity index is 1080. The van der Waals surface area contributed by atoms with Crippen LogP contribution in [0.5, 0.6) is 0 Å². The van der Waals surface area contributed by atoms with Gasteiger partial charge in [-0.15, -0.1) is 0 Å². The second-order valence-electron chi connectivity index (χ2n) is 6.26. The van der Waals surface area contributed by atoms with Crippen LogP contribution in [0.15, 0.2) is 72.8 Å². The van der Waals surface area contributed by atoms with Crippen molar-refractivity contribution in [1.82, 2.24) is 0 Å². The Morgan fingerprint density at radius 3 is 2.40 bits per heavy atom. The van der Waals surface area contributed by atoms with Gasteiger partial charge >= 0.3 is 12.1 Å². The van der Waals surface area contributed by atoms with Crippen LogP contribution in [0.3, 0.4) is 0 Å². The minimum absolute atomic E-state index is 0.0776. The van der Waals surface area contributed by atoms with Crippen LogP contribution in [0.25, 0.3) is 0 Å². The molecule has 1 N–H and O–H groups in total. The number of anilines is 2. The first-order chi connectivity index (χ1) is 14.2. The van der Waals surface area contributed by atoms with E-state index in [2.05, 4.69) is 5.32 Å². The molecule has 0 heterocycles. The van der Waals surface area contributed by atoms with Crippen LogP contribution in [0, 0.1) is 0 Å². The highest BCUT2D eigenvalue weighted by Crippen LogP contribution is 2.32. The number of carbonyl (C=O) groups is 2. The number of alkyl halides is 3. The summed E-state index contributed by atoms with van der Waals surface area (Å²) in [7, 11) is 0. The highest BCUT2D eigenvalue weighted by atomic mass is 35.5. The van der Waals surface area contributed by atoms with Crippen LogP contribution in [0.2, 0.25) is 5.02 Å². The molecule has 3 aromatic carbocycles. The van der Waals surface area contributed by atoms with E-state index in [4.69, 9.17) is 16.3 Å². The zero-order valence-corrected chi connectivity index (χ0v) is 16.1. The molecule has 0 saturated heterocycles. The second kappa shape index (κ2) is 9.00. The zero-order chi connectivity index (χ0) is 21.7. The Labute approximate surface area is 175 Å². The van der Waals surface area contributed by atoms with Crippen LogP contribution in [-0.4, -0.2) is 18.4 Å². The molecule has 30 heavy (non-hydrogen) atoms. The van der Waals surface area contributed by atoms with E-state index in [0.717, 1.165) is 12.1 Å². The zero-order valence-electron chi connectivity index (χ0n) is 15.4. The van der Waals surface area contributed by atoms with Crippen molar-refractivity contribution < 1.29 is 27.5 Å². The van der Waals surface area contributed by atoms with Crippen molar-refractivity contribution in [3.63, 3.8) is 0 Å². The largest absolute Gasteiger partial charge is 0.454 e. The number of para-hydroxylation sites is 1. The molecule has 3 rings (SSSR count). The molecule has 8 heteroatoms. The molecule has 4 nitrogen and oxygen atoms in total. The van der Waals surface area contributed by atoms with Crippen LogP contribution < -0.4 is 5.32 Å². The van der Waals surface area contributed by atoms with Gasteiger partial charge in [-0.05, 0) is 42.5 Å². The van der Waals surface area contributed by atoms with Crippen molar-refractivity contribution in [1.29, 1.82) is 0 Å². The van der Waals surface area contributed by atoms with Gasteiger partial charge in [0.1, 0.15) is 0 Å². The summed E-state index contributed by atoms with van der Waals surface area (Å²) in [5, 5.41) is 3.17. The van der Waals surface area contributed by atoms with Gasteiger partial charge < -0.3 is 10.1 Å². The molecule has 0 radical (unpaired) electrons. The maximum atomic E-state index is 12.9. The molecule has 0 aliphatic heterocycles. The number of carbonyl (C=O) groups excluding carboxylic acids is 2. The van der Waals surface area contributed by atoms with E-state index < -0.39 is 30.1 Å². The quantitative estimate of drug-likeness (QED) is 0.374. The van der Waals surface area contributed by atoms with E-state index in [0.29, 0.717) is 10.6 Å². The van der Waals surface area contributed by atoms with E-state index in [1.807, 2.05) is 0 Å². The number of rotatable bonds is 6. The van der Waals surface area contributed by atoms with Gasteiger partial charge in [0.25, 0.3) is 0 Å². The third-order valence-electron chi connectivity index (χ3n) is 4.10. The standard InChI is InChI=1S/C22H15ClF3NO3/c23-16-7-3-5-14(11-16)20(28)13-30-21(29)18-9-1-2-10-19(18)27-17-8-4-6-15(12-17)22(24,25)26/h1-12,27H,13H2. The Hall–Kier alpha value is -3.32. The van der Waals surface area contributed by atoms with E-state index in [9.17, 15) is 22.8 Å². The molecule has 0 aromatic heterocycles. The predicted molar refractivity (Wildman–Crippen MR) is 107 cm³/mol. The number of ketones is 1. The number of Topliss-reactive ketones (excluding diaryl/α,β-unsaturated/α-hetero) is 1. The van der Waals surface area contributed by atoms with E-state index >= 15 is 0 Å². The first kappa shape index (κ1) is 21.4. The highest BCUT2D eigenvalue weighted by molar-refractivity contribution is 6.31. The van der Waals surface area contributed by atoms with Crippen LogP contribution in [0.1, 0.15) is 26.3 Å². The summed E-state index contributed by atoms with van der Waals surface area (Å²) < 4.78 is 43.8. The maximum absolute atomic E-state index is 12.9. The van der Waals surface area contributed by atoms with Gasteiger partial charge in [-0.3, -0.25) is 4.79 Å². The molecular weight excluding hydrogens is 419 g/mol. The van der Waals surface area contributed by atoms with Crippen molar-refractivity contribution in [2.75, 3.05) is 11.9 Å². The number of benzene rings is 3. The number of ether oxygens (including phenoxy) is 1. The Balaban J connectivity index is 1.73. The van der Waals surface area contributed by atoms with E-state index in [1.165, 1.54) is 30.3 Å². The van der Waals surface area contributed by atoms with Crippen molar-refractivity contribution in [3.05, 3.63) is 94.5 Å². The van der Waals surface area contributed by atoms with Gasteiger partial charge in [-0.1, -0.05) is 41.9 Å². The molecule has 0 aliphatic rings. The van der Waals surface area contributed by atoms with Crippen molar-refractivity contribution in [2.24, 2.45) is 0 Å². The lowest BCUT2D eigenvalue weighted by Crippen LogP contribution is -2.15. The SMILES string of the molecule is O=C(COC(=O)c1ccccc1Nc1cccc(C(F)(F)F)c1)c1cccc(Cl)c1. The third kappa shape index (κ3) is 5.39. The molecule has 0 atom stereocenters. The lowest BCUT2D eigenvalue weighted by molar-refractivity contribution is -0.137. The lowest BCUT2D eigenvalue weighted by Gasteiger charge is -2.13. The molecule has 0 saturated carbocycles. The van der Waals surface area contributed by atoms with Crippen LogP contribution in [-0.2, 0) is 10.9 Å². The maximum Gasteiger partial charge on any atom is 0.416 e. The topological polar surface area (TPSA) is 55.4 Å². The lowest BCUT2D eigenvalue weighted by atomic mass is 10.1. The summed E-state index contributed by atoms with van der Waals surface area (Å²) in [5.41, 5.74) is -0.0451. The molecule has 0 unspecified atom stereocenters. The fourth-order valence-electron chi connectivity index (χ4n) is 2.65. The van der Waals surface area contributed by atoms with E-state index in [1.54, 1.807) is 30.3 Å². The average molecular weight is 434 g/mol. The van der Waals surface area contributed by atoms with Crippen molar-refractivity contribution in [3.8, 4) is 0 Å². The molecular formula is C22H15ClF3NO3. The van der Waals surface area contributed by atoms with Gasteiger partial charge in [0.05, 0.1) is 16.8 Å². The first-order valence-electron chi connectivity index (χ1n) is 8.73. The Morgan fingerprint density at radius 2 is 1.67 bits per heavy atom. The molecule has 0 bridgehead atoms. The highest BCUT2D eigenvalue weighted by Gasteiger charge is 2.30. The van der Waals surface area contributed by atoms with Gasteiger partial charge in [0.15, 0.2) is 12.4 Å². The fourth-order valence-corrected chi connectivity index (χ4v) is 2.84. The normalized spacial score (nSPS) is 11.1. The second-order valence-corrected chi connectivity index (χ2v) is 6.70. The van der Waals surface area contributed by atoms with Gasteiger partial charge in [-0.25, -0.2) is 4.79 Å². The summed E-state index contributed by atoms with van der Waals surface area (Å²) in [5.74, 6) is -1.23. The molecule has 0 amide bonds. The van der Waals surface area contributed by atoms with Crippen molar-refractivity contribution >= 4 is 34.7 Å². The molecule has 0 fully saturated rings. The molecule has 154 valence electrons. The van der Waals surface area contributed by atoms with E-state index in [-0.39, 0.29) is 16.9 Å². The number of hydrogen-bond donors (Lipinski definition) is 1. The first-order valence-corrected chi connectivity index (χ1v) is 9.11. The summed E-state index contributed by atoms with van der Waals surface area (Å²) in [6, 6.07) is 17.0. The monoisotopic (exact) mass is 433 g/mol. The van der Waals surface area contributed by atoms with Crippen molar-refractivity contribution in [2.45, 2.75) is 6.18 Å². The van der Waals surface area contributed by atoms with Crippen LogP contribution in [0.4, 0.5) is 24.5 Å². The number of esters is 1. The molecule has 3 aromatic rings.